The zero-order valence-corrected chi connectivity index (χ0v) is 12.4. The van der Waals surface area contributed by atoms with Crippen molar-refractivity contribution in [1.29, 1.82) is 0 Å². The molecule has 0 heterocycles. The molecule has 1 saturated carbocycles. The summed E-state index contributed by atoms with van der Waals surface area (Å²) in [6, 6.07) is 6.85. The van der Waals surface area contributed by atoms with Gasteiger partial charge in [-0.05, 0) is 54.9 Å². The number of nitrogens with one attached hydrogen (secondary N) is 1. The number of nitrogens with zero attached hydrogens (tertiary/aromatic N) is 1. The van der Waals surface area contributed by atoms with Gasteiger partial charge < -0.3 is 5.73 Å². The first-order valence-electron chi connectivity index (χ1n) is 7.07. The smallest absolute Gasteiger partial charge is 0.271 e. The van der Waals surface area contributed by atoms with E-state index in [9.17, 15) is 4.79 Å². The van der Waals surface area contributed by atoms with E-state index in [-0.39, 0.29) is 11.3 Å². The minimum atomic E-state index is -0.187. The highest BCUT2D eigenvalue weighted by Gasteiger charge is 2.29. The van der Waals surface area contributed by atoms with Crippen molar-refractivity contribution < 1.29 is 4.79 Å². The quantitative estimate of drug-likeness (QED) is 0.642. The van der Waals surface area contributed by atoms with Crippen LogP contribution in [-0.2, 0) is 0 Å². The van der Waals surface area contributed by atoms with Gasteiger partial charge in [0.2, 0.25) is 0 Å². The Morgan fingerprint density at radius 2 is 2.00 bits per heavy atom. The first kappa shape index (κ1) is 14.6. The van der Waals surface area contributed by atoms with Crippen molar-refractivity contribution in [3.05, 3.63) is 29.8 Å². The molecule has 1 aromatic rings. The number of carbonyl (C=O) groups excluding carboxylic acids is 1. The van der Waals surface area contributed by atoms with Gasteiger partial charge in [-0.1, -0.05) is 20.8 Å². The van der Waals surface area contributed by atoms with Crippen molar-refractivity contribution in [2.75, 3.05) is 5.73 Å². The molecule has 4 heteroatoms. The Morgan fingerprint density at radius 3 is 2.60 bits per heavy atom. The highest BCUT2D eigenvalue weighted by atomic mass is 16.2. The Hall–Kier alpha value is -1.84. The lowest BCUT2D eigenvalue weighted by Gasteiger charge is -2.34. The van der Waals surface area contributed by atoms with Crippen molar-refractivity contribution in [3.8, 4) is 0 Å². The van der Waals surface area contributed by atoms with Gasteiger partial charge in [-0.15, -0.1) is 0 Å². The molecule has 20 heavy (non-hydrogen) atoms. The Labute approximate surface area is 120 Å². The molecule has 0 unspecified atom stereocenters. The van der Waals surface area contributed by atoms with E-state index in [1.54, 1.807) is 24.3 Å². The third-order valence-corrected chi connectivity index (χ3v) is 3.66. The zero-order valence-electron chi connectivity index (χ0n) is 12.4. The van der Waals surface area contributed by atoms with E-state index in [0.717, 1.165) is 18.6 Å². The van der Waals surface area contributed by atoms with Crippen molar-refractivity contribution in [2.24, 2.45) is 16.4 Å². The fourth-order valence-corrected chi connectivity index (χ4v) is 3.03. The van der Waals surface area contributed by atoms with Gasteiger partial charge >= 0.3 is 0 Å². The van der Waals surface area contributed by atoms with Gasteiger partial charge in [-0.3, -0.25) is 4.79 Å². The van der Waals surface area contributed by atoms with Gasteiger partial charge in [0.15, 0.2) is 0 Å². The summed E-state index contributed by atoms with van der Waals surface area (Å²) in [7, 11) is 0. The van der Waals surface area contributed by atoms with Gasteiger partial charge in [-0.2, -0.15) is 5.10 Å². The molecule has 4 nitrogen and oxygen atoms in total. The molecule has 1 amide bonds. The van der Waals surface area contributed by atoms with Crippen molar-refractivity contribution in [3.63, 3.8) is 0 Å². The summed E-state index contributed by atoms with van der Waals surface area (Å²) in [5.74, 6) is 0.430. The number of nitrogen functional groups attached to an aromatic ring is 1. The Balaban J connectivity index is 2.01. The maximum atomic E-state index is 12.0. The van der Waals surface area contributed by atoms with Crippen molar-refractivity contribution in [1.82, 2.24) is 5.43 Å². The molecule has 0 aliphatic heterocycles. The van der Waals surface area contributed by atoms with Crippen molar-refractivity contribution >= 4 is 17.3 Å². The molecule has 0 aromatic heterocycles. The Bertz CT molecular complexity index is 517. The first-order valence-corrected chi connectivity index (χ1v) is 7.07. The molecule has 0 saturated heterocycles. The second-order valence-electron chi connectivity index (χ2n) is 6.60. The molecule has 1 aromatic carbocycles. The lowest BCUT2D eigenvalue weighted by Crippen LogP contribution is -2.30. The average Bonchev–Trinajstić information content (AvgIpc) is 2.34. The van der Waals surface area contributed by atoms with Crippen LogP contribution in [0.1, 0.15) is 50.4 Å². The lowest BCUT2D eigenvalue weighted by atomic mass is 9.72. The standard InChI is InChI=1S/C16H23N3O/c1-11-8-14(10-16(2,3)9-11)18-19-15(20)12-4-6-13(17)7-5-12/h4-7,11H,8-10,17H2,1-3H3,(H,19,20)/b18-14-/t11-/m1/s1. The number of amides is 1. The topological polar surface area (TPSA) is 67.5 Å². The van der Waals surface area contributed by atoms with Crippen LogP contribution in [0.25, 0.3) is 0 Å². The van der Waals surface area contributed by atoms with Crippen LogP contribution in [0.5, 0.6) is 0 Å². The third kappa shape index (κ3) is 3.83. The number of hydrogen-bond donors (Lipinski definition) is 2. The summed E-state index contributed by atoms with van der Waals surface area (Å²) in [6.07, 6.45) is 3.11. The van der Waals surface area contributed by atoms with E-state index in [4.69, 9.17) is 5.73 Å². The predicted molar refractivity (Wildman–Crippen MR) is 82.6 cm³/mol. The van der Waals surface area contributed by atoms with Crippen LogP contribution in [0.3, 0.4) is 0 Å². The molecular weight excluding hydrogens is 250 g/mol. The molecule has 1 atom stereocenters. The first-order chi connectivity index (χ1) is 9.35. The van der Waals surface area contributed by atoms with E-state index < -0.39 is 0 Å². The van der Waals surface area contributed by atoms with Crippen LogP contribution in [0, 0.1) is 11.3 Å². The van der Waals surface area contributed by atoms with Gasteiger partial charge in [0.25, 0.3) is 5.91 Å². The maximum Gasteiger partial charge on any atom is 0.271 e. The van der Waals surface area contributed by atoms with Crippen LogP contribution in [0.4, 0.5) is 5.69 Å². The summed E-state index contributed by atoms with van der Waals surface area (Å²) >= 11 is 0. The molecule has 3 N–H and O–H groups in total. The van der Waals surface area contributed by atoms with E-state index >= 15 is 0 Å². The monoisotopic (exact) mass is 273 g/mol. The number of anilines is 1. The largest absolute Gasteiger partial charge is 0.399 e. The van der Waals surface area contributed by atoms with E-state index in [2.05, 4.69) is 31.3 Å². The van der Waals surface area contributed by atoms with Crippen LogP contribution < -0.4 is 11.2 Å². The summed E-state index contributed by atoms with van der Waals surface area (Å²) in [5, 5.41) is 4.31. The van der Waals surface area contributed by atoms with Crippen molar-refractivity contribution in [2.45, 2.75) is 40.0 Å². The van der Waals surface area contributed by atoms with Gasteiger partial charge in [0.05, 0.1) is 0 Å². The second kappa shape index (κ2) is 5.65. The number of rotatable bonds is 2. The maximum absolute atomic E-state index is 12.0. The number of nitrogens with two attached hydrogens (primary N) is 1. The zero-order chi connectivity index (χ0) is 14.8. The molecule has 1 aliphatic carbocycles. The van der Waals surface area contributed by atoms with Gasteiger partial charge in [0, 0.05) is 17.0 Å². The molecule has 0 radical (unpaired) electrons. The highest BCUT2D eigenvalue weighted by molar-refractivity contribution is 5.95. The Kier molecular flexibility index (Phi) is 4.12. The summed E-state index contributed by atoms with van der Waals surface area (Å²) in [4.78, 5) is 12.0. The molecule has 1 aliphatic rings. The average molecular weight is 273 g/mol. The van der Waals surface area contributed by atoms with Crippen LogP contribution >= 0.6 is 0 Å². The molecular formula is C16H23N3O. The molecule has 0 bridgehead atoms. The lowest BCUT2D eigenvalue weighted by molar-refractivity contribution is 0.0954. The number of hydrazone groups is 1. The summed E-state index contributed by atoms with van der Waals surface area (Å²) < 4.78 is 0. The van der Waals surface area contributed by atoms with E-state index in [0.29, 0.717) is 17.2 Å². The van der Waals surface area contributed by atoms with Gasteiger partial charge in [0.1, 0.15) is 0 Å². The third-order valence-electron chi connectivity index (χ3n) is 3.66. The van der Waals surface area contributed by atoms with E-state index in [1.807, 2.05) is 0 Å². The number of hydrogen-bond acceptors (Lipinski definition) is 3. The van der Waals surface area contributed by atoms with Crippen LogP contribution in [0.2, 0.25) is 0 Å². The molecule has 108 valence electrons. The predicted octanol–water partition coefficient (Wildman–Crippen LogP) is 3.20. The fraction of sp³-hybridized carbons (Fsp3) is 0.500. The minimum absolute atomic E-state index is 0.187. The van der Waals surface area contributed by atoms with Crippen LogP contribution in [-0.4, -0.2) is 11.6 Å². The Morgan fingerprint density at radius 1 is 1.35 bits per heavy atom. The number of carbonyl (C=O) groups is 1. The summed E-state index contributed by atoms with van der Waals surface area (Å²) in [5.41, 5.74) is 10.8. The number of benzene rings is 1. The van der Waals surface area contributed by atoms with Crippen LogP contribution in [0.15, 0.2) is 29.4 Å². The molecule has 0 spiro atoms. The fourth-order valence-electron chi connectivity index (χ4n) is 3.03. The minimum Gasteiger partial charge on any atom is -0.399 e. The summed E-state index contributed by atoms with van der Waals surface area (Å²) in [6.45, 7) is 6.73. The van der Waals surface area contributed by atoms with E-state index in [1.165, 1.54) is 6.42 Å². The molecule has 2 rings (SSSR count). The van der Waals surface area contributed by atoms with Gasteiger partial charge in [-0.25, -0.2) is 5.43 Å². The normalized spacial score (nSPS) is 23.6. The highest BCUT2D eigenvalue weighted by Crippen LogP contribution is 2.36. The second-order valence-corrected chi connectivity index (χ2v) is 6.60. The SMILES string of the molecule is C[C@@H]1C/C(=N/NC(=O)c2ccc(N)cc2)CC(C)(C)C1. The molecule has 1 fully saturated rings.